The van der Waals surface area contributed by atoms with Gasteiger partial charge in [-0.15, -0.1) is 5.10 Å². The van der Waals surface area contributed by atoms with Crippen LogP contribution in [0.5, 0.6) is 0 Å². The Hall–Kier alpha value is -3.97. The molecule has 3 heterocycles. The van der Waals surface area contributed by atoms with Crippen molar-refractivity contribution in [1.82, 2.24) is 20.8 Å². The number of anilines is 2. The molecule has 222 valence electrons. The van der Waals surface area contributed by atoms with Crippen molar-refractivity contribution in [3.63, 3.8) is 0 Å². The molecule has 0 unspecified atom stereocenters. The average molecular weight is 607 g/mol. The second kappa shape index (κ2) is 11.7. The first kappa shape index (κ1) is 29.5. The van der Waals surface area contributed by atoms with Gasteiger partial charge >= 0.3 is 12.3 Å². The van der Waals surface area contributed by atoms with Gasteiger partial charge in [-0.2, -0.15) is 18.3 Å². The number of hydrogen-bond donors (Lipinski definition) is 3. The molecule has 2 aromatic carbocycles. The van der Waals surface area contributed by atoms with E-state index in [0.717, 1.165) is 5.56 Å². The summed E-state index contributed by atoms with van der Waals surface area (Å²) in [6.07, 6.45) is -3.51. The second-order valence-corrected chi connectivity index (χ2v) is 10.6. The molecule has 0 bridgehead atoms. The summed E-state index contributed by atoms with van der Waals surface area (Å²) >= 11 is 6.02. The lowest BCUT2D eigenvalue weighted by Crippen LogP contribution is -2.42. The zero-order valence-electron chi connectivity index (χ0n) is 22.4. The zero-order chi connectivity index (χ0) is 30.1. The molecule has 0 radical (unpaired) electrons. The van der Waals surface area contributed by atoms with E-state index in [2.05, 4.69) is 26.1 Å². The van der Waals surface area contributed by atoms with E-state index in [4.69, 9.17) is 16.3 Å². The fourth-order valence-electron chi connectivity index (χ4n) is 5.16. The molecule has 5 rings (SSSR count). The second-order valence-electron chi connectivity index (χ2n) is 10.1. The van der Waals surface area contributed by atoms with Crippen LogP contribution in [0.2, 0.25) is 5.02 Å². The number of ether oxygens (including phenoxy) is 1. The maximum atomic E-state index is 15.1. The number of carbonyl (C=O) groups is 2. The van der Waals surface area contributed by atoms with Crippen molar-refractivity contribution >= 4 is 35.1 Å². The molecule has 3 N–H and O–H groups in total. The largest absolute Gasteiger partial charge is 0.436 e. The van der Waals surface area contributed by atoms with Gasteiger partial charge in [-0.1, -0.05) is 42.8 Å². The van der Waals surface area contributed by atoms with Crippen molar-refractivity contribution in [1.29, 1.82) is 0 Å². The monoisotopic (exact) mass is 606 g/mol. The number of fused-ring (bicyclic) bond motifs is 2. The molecule has 9 nitrogen and oxygen atoms in total. The highest BCUT2D eigenvalue weighted by molar-refractivity contribution is 6.31. The van der Waals surface area contributed by atoms with E-state index in [0.29, 0.717) is 17.9 Å². The molecule has 2 amide bonds. The number of benzene rings is 2. The molecule has 1 fully saturated rings. The Labute approximate surface area is 243 Å². The maximum absolute atomic E-state index is 15.1. The SMILES string of the molecule is CC[C@H](NCc1ccc(CNC(=O)c2cnnc(N3CC[C@]4(C3)OC(=O)Nc3ccc(Cl)c(F)c34)c2)cc1)C(F)(F)F. The number of amides is 2. The van der Waals surface area contributed by atoms with Gasteiger partial charge in [-0.25, -0.2) is 9.18 Å². The summed E-state index contributed by atoms with van der Waals surface area (Å²) < 4.78 is 59.5. The van der Waals surface area contributed by atoms with E-state index in [1.165, 1.54) is 25.3 Å². The molecule has 1 saturated heterocycles. The minimum Gasteiger partial charge on any atom is -0.436 e. The molecular weight excluding hydrogens is 580 g/mol. The highest BCUT2D eigenvalue weighted by atomic mass is 35.5. The van der Waals surface area contributed by atoms with Gasteiger partial charge in [0.2, 0.25) is 0 Å². The first-order valence-electron chi connectivity index (χ1n) is 13.2. The van der Waals surface area contributed by atoms with Crippen LogP contribution in [0.4, 0.5) is 33.9 Å². The molecule has 0 aliphatic carbocycles. The van der Waals surface area contributed by atoms with E-state index in [1.54, 1.807) is 35.2 Å². The standard InChI is InChI=1S/C28H27ClF4N6O3/c1-2-21(28(31,32)33)34-12-16-3-5-17(6-4-16)13-35-25(40)18-11-22(38-36-14-18)39-10-9-27(15-39)23-20(37-26(41)42-27)8-7-19(29)24(23)30/h3-8,11,14,21,34H,2,9-10,12-13,15H2,1H3,(H,35,40)(H,37,41)/t21-,27+/m0/s1. The van der Waals surface area contributed by atoms with Crippen LogP contribution in [-0.2, 0) is 23.4 Å². The lowest BCUT2D eigenvalue weighted by molar-refractivity contribution is -0.156. The van der Waals surface area contributed by atoms with E-state index < -0.39 is 35.6 Å². The third-order valence-corrected chi connectivity index (χ3v) is 7.66. The van der Waals surface area contributed by atoms with Crippen LogP contribution in [0.1, 0.15) is 46.8 Å². The van der Waals surface area contributed by atoms with Gasteiger partial charge in [0.05, 0.1) is 34.6 Å². The van der Waals surface area contributed by atoms with Crippen molar-refractivity contribution in [2.75, 3.05) is 23.3 Å². The summed E-state index contributed by atoms with van der Waals surface area (Å²) in [6.45, 7) is 2.14. The van der Waals surface area contributed by atoms with Crippen molar-refractivity contribution in [3.8, 4) is 0 Å². The number of nitrogens with zero attached hydrogens (tertiary/aromatic N) is 3. The Morgan fingerprint density at radius 3 is 2.60 bits per heavy atom. The minimum absolute atomic E-state index is 0.0644. The number of nitrogens with one attached hydrogen (secondary N) is 3. The van der Waals surface area contributed by atoms with Crippen molar-refractivity contribution < 1.29 is 31.9 Å². The molecular formula is C28H27ClF4N6O3. The van der Waals surface area contributed by atoms with Crippen LogP contribution >= 0.6 is 11.6 Å². The van der Waals surface area contributed by atoms with Gasteiger partial charge in [0.25, 0.3) is 5.91 Å². The normalized spacial score (nSPS) is 18.8. The Kier molecular flexibility index (Phi) is 8.24. The van der Waals surface area contributed by atoms with Crippen LogP contribution in [0.3, 0.4) is 0 Å². The number of alkyl halides is 3. The Morgan fingerprint density at radius 2 is 1.90 bits per heavy atom. The topological polar surface area (TPSA) is 108 Å². The quantitative estimate of drug-likeness (QED) is 0.299. The van der Waals surface area contributed by atoms with Gasteiger partial charge in [-0.05, 0) is 35.7 Å². The van der Waals surface area contributed by atoms with E-state index in [1.807, 2.05) is 0 Å². The van der Waals surface area contributed by atoms with Gasteiger partial charge in [0, 0.05) is 26.1 Å². The molecule has 3 aromatic rings. The summed E-state index contributed by atoms with van der Waals surface area (Å²) in [5, 5.41) is 15.8. The third kappa shape index (κ3) is 6.12. The van der Waals surface area contributed by atoms with Crippen LogP contribution in [0, 0.1) is 5.82 Å². The van der Waals surface area contributed by atoms with Crippen LogP contribution < -0.4 is 20.9 Å². The minimum atomic E-state index is -4.31. The molecule has 1 aromatic heterocycles. The van der Waals surface area contributed by atoms with Crippen molar-refractivity contribution in [2.24, 2.45) is 0 Å². The lowest BCUT2D eigenvalue weighted by atomic mass is 9.89. The average Bonchev–Trinajstić information content (AvgIpc) is 3.37. The van der Waals surface area contributed by atoms with Crippen molar-refractivity contribution in [2.45, 2.75) is 50.7 Å². The first-order valence-corrected chi connectivity index (χ1v) is 13.6. The highest BCUT2D eigenvalue weighted by Gasteiger charge is 2.50. The molecule has 42 heavy (non-hydrogen) atoms. The predicted octanol–water partition coefficient (Wildman–Crippen LogP) is 5.30. The van der Waals surface area contributed by atoms with Crippen LogP contribution in [-0.4, -0.2) is 47.5 Å². The lowest BCUT2D eigenvalue weighted by Gasteiger charge is -2.35. The summed E-state index contributed by atoms with van der Waals surface area (Å²) in [5.74, 6) is -0.747. The van der Waals surface area contributed by atoms with Crippen LogP contribution in [0.15, 0.2) is 48.7 Å². The zero-order valence-corrected chi connectivity index (χ0v) is 23.2. The summed E-state index contributed by atoms with van der Waals surface area (Å²) in [4.78, 5) is 26.9. The number of rotatable bonds is 8. The predicted molar refractivity (Wildman–Crippen MR) is 147 cm³/mol. The van der Waals surface area contributed by atoms with Crippen LogP contribution in [0.25, 0.3) is 0 Å². The molecule has 1 spiro atoms. The summed E-state index contributed by atoms with van der Waals surface area (Å²) in [6, 6.07) is 9.72. The Morgan fingerprint density at radius 1 is 1.19 bits per heavy atom. The molecule has 2 aliphatic rings. The molecule has 0 saturated carbocycles. The first-order chi connectivity index (χ1) is 20.0. The van der Waals surface area contributed by atoms with E-state index in [-0.39, 0.29) is 54.3 Å². The highest BCUT2D eigenvalue weighted by Crippen LogP contribution is 2.46. The smallest absolute Gasteiger partial charge is 0.412 e. The van der Waals surface area contributed by atoms with Crippen molar-refractivity contribution in [3.05, 3.63) is 81.8 Å². The molecule has 14 heteroatoms. The van der Waals surface area contributed by atoms with Gasteiger partial charge < -0.3 is 20.3 Å². The fraction of sp³-hybridized carbons (Fsp3) is 0.357. The Balaban J connectivity index is 1.22. The molecule has 2 atom stereocenters. The number of hydrogen-bond acceptors (Lipinski definition) is 7. The van der Waals surface area contributed by atoms with Gasteiger partial charge in [0.1, 0.15) is 6.04 Å². The number of carbonyl (C=O) groups excluding carboxylic acids is 2. The Bertz CT molecular complexity index is 1490. The van der Waals surface area contributed by atoms with E-state index in [9.17, 15) is 22.8 Å². The summed E-state index contributed by atoms with van der Waals surface area (Å²) in [7, 11) is 0. The number of halogens is 5. The maximum Gasteiger partial charge on any atom is 0.412 e. The molecule has 2 aliphatic heterocycles. The van der Waals surface area contributed by atoms with E-state index >= 15 is 4.39 Å². The van der Waals surface area contributed by atoms with Gasteiger partial charge in [-0.3, -0.25) is 10.1 Å². The third-order valence-electron chi connectivity index (χ3n) is 7.37. The van der Waals surface area contributed by atoms with Gasteiger partial charge in [0.15, 0.2) is 17.2 Å². The fourth-order valence-corrected chi connectivity index (χ4v) is 5.31. The summed E-state index contributed by atoms with van der Waals surface area (Å²) in [5.41, 5.74) is 0.820. The number of aromatic nitrogens is 2.